The van der Waals surface area contributed by atoms with Crippen LogP contribution in [0.4, 0.5) is 0 Å². The van der Waals surface area contributed by atoms with Gasteiger partial charge in [0.15, 0.2) is 0 Å². The fourth-order valence-electron chi connectivity index (χ4n) is 5.93. The molecule has 0 fully saturated rings. The van der Waals surface area contributed by atoms with E-state index in [-0.39, 0.29) is 5.91 Å². The summed E-state index contributed by atoms with van der Waals surface area (Å²) in [6.45, 7) is 17.9. The summed E-state index contributed by atoms with van der Waals surface area (Å²) in [7, 11) is 0. The largest absolute Gasteiger partial charge is 0.377 e. The van der Waals surface area contributed by atoms with Gasteiger partial charge in [0, 0.05) is 19.2 Å². The molecule has 0 bridgehead atoms. The third-order valence-corrected chi connectivity index (χ3v) is 9.54. The second kappa shape index (κ2) is 46.7. The summed E-state index contributed by atoms with van der Waals surface area (Å²) in [4.78, 5) is 12.0. The van der Waals surface area contributed by atoms with Crippen molar-refractivity contribution in [3.63, 3.8) is 0 Å². The maximum Gasteiger partial charge on any atom is 0.220 e. The average molecular weight is 861 g/mol. The summed E-state index contributed by atoms with van der Waals surface area (Å²) in [5.41, 5.74) is 0.990. The molecule has 1 amide bonds. The third-order valence-electron chi connectivity index (χ3n) is 9.54. The summed E-state index contributed by atoms with van der Waals surface area (Å²) >= 11 is 0. The second-order valence-electron chi connectivity index (χ2n) is 15.2. The van der Waals surface area contributed by atoms with Crippen molar-refractivity contribution in [2.45, 2.75) is 136 Å². The Labute approximate surface area is 364 Å². The minimum absolute atomic E-state index is 0.119. The zero-order chi connectivity index (χ0) is 43.1. The molecule has 0 spiro atoms. The van der Waals surface area contributed by atoms with Gasteiger partial charge in [0.1, 0.15) is 0 Å². The van der Waals surface area contributed by atoms with E-state index in [4.69, 9.17) is 47.4 Å². The minimum Gasteiger partial charge on any atom is -0.377 e. The fourth-order valence-corrected chi connectivity index (χ4v) is 5.93. The molecule has 0 radical (unpaired) electrons. The van der Waals surface area contributed by atoms with E-state index in [1.165, 1.54) is 83.5 Å². The molecule has 354 valence electrons. The van der Waals surface area contributed by atoms with Crippen molar-refractivity contribution in [2.75, 3.05) is 139 Å². The molecule has 15 nitrogen and oxygen atoms in total. The van der Waals surface area contributed by atoms with Crippen molar-refractivity contribution in [3.05, 3.63) is 11.9 Å². The molecule has 1 rings (SSSR count). The van der Waals surface area contributed by atoms with Gasteiger partial charge in [-0.2, -0.15) is 0 Å². The van der Waals surface area contributed by atoms with Gasteiger partial charge in [0.25, 0.3) is 0 Å². The van der Waals surface area contributed by atoms with Crippen LogP contribution in [-0.2, 0) is 58.7 Å². The SMILES string of the molecule is CCCCCCCCCCCCCCCCCC(=O)NCCOCCOCCOCCOCCOCCOCCOCCOCCOCCOCCn1cc(C(C)C)nn1. The highest BCUT2D eigenvalue weighted by molar-refractivity contribution is 5.75. The van der Waals surface area contributed by atoms with Crippen LogP contribution in [0.3, 0.4) is 0 Å². The lowest BCUT2D eigenvalue weighted by Gasteiger charge is -2.09. The quantitative estimate of drug-likeness (QED) is 0.0674. The first-order chi connectivity index (χ1) is 29.6. The van der Waals surface area contributed by atoms with Gasteiger partial charge in [-0.15, -0.1) is 5.10 Å². The molecule has 0 unspecified atom stereocenters. The highest BCUT2D eigenvalue weighted by Gasteiger charge is 2.05. The van der Waals surface area contributed by atoms with E-state index < -0.39 is 0 Å². The van der Waals surface area contributed by atoms with E-state index in [9.17, 15) is 4.79 Å². The van der Waals surface area contributed by atoms with Crippen LogP contribution in [0.1, 0.15) is 135 Å². The van der Waals surface area contributed by atoms with E-state index >= 15 is 0 Å². The molecular weight excluding hydrogens is 773 g/mol. The first-order valence-electron chi connectivity index (χ1n) is 23.6. The summed E-state index contributed by atoms with van der Waals surface area (Å²) in [5, 5.41) is 11.2. The molecule has 0 saturated carbocycles. The van der Waals surface area contributed by atoms with Crippen molar-refractivity contribution in [2.24, 2.45) is 0 Å². The number of rotatable bonds is 50. The number of amides is 1. The predicted octanol–water partition coefficient (Wildman–Crippen LogP) is 6.95. The molecule has 1 aromatic heterocycles. The highest BCUT2D eigenvalue weighted by Crippen LogP contribution is 2.14. The molecule has 0 saturated heterocycles. The van der Waals surface area contributed by atoms with Crippen LogP contribution < -0.4 is 5.32 Å². The van der Waals surface area contributed by atoms with Crippen molar-refractivity contribution in [3.8, 4) is 0 Å². The van der Waals surface area contributed by atoms with E-state index in [0.29, 0.717) is 158 Å². The number of carbonyl (C=O) groups excluding carboxylic acids is 1. The van der Waals surface area contributed by atoms with Gasteiger partial charge in [0.05, 0.1) is 144 Å². The van der Waals surface area contributed by atoms with Crippen LogP contribution in [-0.4, -0.2) is 160 Å². The number of nitrogens with zero attached hydrogens (tertiary/aromatic N) is 3. The zero-order valence-electron chi connectivity index (χ0n) is 38.4. The van der Waals surface area contributed by atoms with E-state index in [1.807, 2.05) is 6.20 Å². The predicted molar refractivity (Wildman–Crippen MR) is 235 cm³/mol. The Morgan fingerprint density at radius 3 is 1.13 bits per heavy atom. The topological polar surface area (TPSA) is 152 Å². The Morgan fingerprint density at radius 1 is 0.483 bits per heavy atom. The Hall–Kier alpha value is -1.79. The van der Waals surface area contributed by atoms with Gasteiger partial charge in [-0.3, -0.25) is 4.79 Å². The van der Waals surface area contributed by atoms with Crippen molar-refractivity contribution in [1.82, 2.24) is 20.3 Å². The molecule has 0 atom stereocenters. The van der Waals surface area contributed by atoms with Crippen LogP contribution in [0.25, 0.3) is 0 Å². The first-order valence-corrected chi connectivity index (χ1v) is 23.6. The second-order valence-corrected chi connectivity index (χ2v) is 15.2. The van der Waals surface area contributed by atoms with Gasteiger partial charge < -0.3 is 52.7 Å². The minimum atomic E-state index is 0.119. The number of aromatic nitrogens is 3. The molecule has 0 aliphatic heterocycles. The monoisotopic (exact) mass is 861 g/mol. The zero-order valence-corrected chi connectivity index (χ0v) is 38.4. The summed E-state index contributed by atoms with van der Waals surface area (Å²) in [6, 6.07) is 0. The molecule has 1 N–H and O–H groups in total. The van der Waals surface area contributed by atoms with Crippen LogP contribution >= 0.6 is 0 Å². The van der Waals surface area contributed by atoms with Gasteiger partial charge >= 0.3 is 0 Å². The maximum atomic E-state index is 12.0. The smallest absolute Gasteiger partial charge is 0.220 e. The lowest BCUT2D eigenvalue weighted by Crippen LogP contribution is -2.27. The number of hydrogen-bond donors (Lipinski definition) is 1. The third kappa shape index (κ3) is 41.6. The van der Waals surface area contributed by atoms with E-state index in [1.54, 1.807) is 4.68 Å². The Bertz CT molecular complexity index is 1010. The number of nitrogens with one attached hydrogen (secondary N) is 1. The van der Waals surface area contributed by atoms with Crippen molar-refractivity contribution < 1.29 is 52.2 Å². The molecule has 0 aromatic carbocycles. The summed E-state index contributed by atoms with van der Waals surface area (Å²) in [5.74, 6) is 0.492. The highest BCUT2D eigenvalue weighted by atomic mass is 16.6. The van der Waals surface area contributed by atoms with Crippen LogP contribution in [0.5, 0.6) is 0 Å². The molecular formula is C45H88N4O11. The molecule has 60 heavy (non-hydrogen) atoms. The lowest BCUT2D eigenvalue weighted by atomic mass is 10.0. The van der Waals surface area contributed by atoms with E-state index in [0.717, 1.165) is 18.5 Å². The van der Waals surface area contributed by atoms with Crippen LogP contribution in [0.15, 0.2) is 6.20 Å². The number of ether oxygens (including phenoxy) is 10. The van der Waals surface area contributed by atoms with Gasteiger partial charge in [0.2, 0.25) is 5.91 Å². The Morgan fingerprint density at radius 2 is 0.800 bits per heavy atom. The number of carbonyl (C=O) groups is 1. The van der Waals surface area contributed by atoms with Crippen LogP contribution in [0.2, 0.25) is 0 Å². The number of unbranched alkanes of at least 4 members (excludes halogenated alkanes) is 14. The fraction of sp³-hybridized carbons (Fsp3) is 0.933. The van der Waals surface area contributed by atoms with Gasteiger partial charge in [-0.1, -0.05) is 116 Å². The summed E-state index contributed by atoms with van der Waals surface area (Å²) in [6.07, 6.45) is 22.5. The van der Waals surface area contributed by atoms with Gasteiger partial charge in [-0.05, 0) is 12.3 Å². The maximum absolute atomic E-state index is 12.0. The molecule has 15 heteroatoms. The molecule has 0 aliphatic carbocycles. The lowest BCUT2D eigenvalue weighted by molar-refractivity contribution is -0.121. The van der Waals surface area contributed by atoms with Gasteiger partial charge in [-0.25, -0.2) is 4.68 Å². The van der Waals surface area contributed by atoms with Crippen molar-refractivity contribution >= 4 is 5.91 Å². The normalized spacial score (nSPS) is 11.7. The molecule has 0 aliphatic rings. The average Bonchev–Trinajstić information content (AvgIpc) is 3.73. The summed E-state index contributed by atoms with van der Waals surface area (Å²) < 4.78 is 57.1. The molecule has 1 heterocycles. The van der Waals surface area contributed by atoms with E-state index in [2.05, 4.69) is 36.4 Å². The molecule has 1 aromatic rings. The number of hydrogen-bond acceptors (Lipinski definition) is 13. The van der Waals surface area contributed by atoms with Crippen molar-refractivity contribution in [1.29, 1.82) is 0 Å². The standard InChI is InChI=1S/C45H88N4O11/c1-4-5-6-7-8-9-10-11-12-13-14-15-16-17-18-19-45(50)46-20-22-51-24-26-53-28-30-55-32-34-57-36-38-59-40-41-60-39-37-58-35-33-56-31-29-54-27-25-52-23-21-49-42-44(43(2)3)47-48-49/h42-43H,4-41H2,1-3H3,(H,46,50). The Balaban J connectivity index is 1.64. The van der Waals surface area contributed by atoms with Crippen LogP contribution in [0, 0.1) is 0 Å². The Kier molecular flexibility index (Phi) is 43.8. The first kappa shape index (κ1) is 56.2.